The van der Waals surface area contributed by atoms with E-state index >= 15 is 0 Å². The van der Waals surface area contributed by atoms with Crippen LogP contribution in [0, 0.1) is 0 Å². The van der Waals surface area contributed by atoms with Crippen molar-refractivity contribution in [1.82, 2.24) is 34.3 Å². The van der Waals surface area contributed by atoms with Crippen molar-refractivity contribution in [2.24, 2.45) is 5.14 Å². The highest BCUT2D eigenvalue weighted by Gasteiger charge is 2.42. The molecule has 0 unspecified atom stereocenters. The van der Waals surface area contributed by atoms with Crippen molar-refractivity contribution < 1.29 is 18.0 Å². The number of likely N-dealkylation sites (tertiary alicyclic amines) is 1. The molecule has 3 heterocycles. The number of halogens is 1. The average Bonchev–Trinajstić information content (AvgIpc) is 3.63. The van der Waals surface area contributed by atoms with Gasteiger partial charge in [-0.25, -0.2) is 5.14 Å². The van der Waals surface area contributed by atoms with E-state index < -0.39 is 16.3 Å². The van der Waals surface area contributed by atoms with E-state index in [1.165, 1.54) is 21.4 Å². The van der Waals surface area contributed by atoms with E-state index in [2.05, 4.69) is 25.7 Å². The molecule has 0 spiro atoms. The first-order valence-electron chi connectivity index (χ1n) is 12.6. The van der Waals surface area contributed by atoms with Gasteiger partial charge in [0.15, 0.2) is 0 Å². The third-order valence-corrected chi connectivity index (χ3v) is 8.37. The molecule has 2 aliphatic rings. The molecule has 3 N–H and O–H groups in total. The van der Waals surface area contributed by atoms with E-state index in [4.69, 9.17) is 16.7 Å². The molecular weight excluding hydrogens is 558 g/mol. The van der Waals surface area contributed by atoms with Gasteiger partial charge in [0.1, 0.15) is 12.4 Å². The number of aromatic nitrogens is 4. The fourth-order valence-electron chi connectivity index (χ4n) is 5.04. The number of para-hydroxylation sites is 1. The maximum absolute atomic E-state index is 13.5. The Balaban J connectivity index is 1.36. The summed E-state index contributed by atoms with van der Waals surface area (Å²) in [5.74, 6) is -0.641. The van der Waals surface area contributed by atoms with Crippen LogP contribution in [0.15, 0.2) is 60.9 Å². The summed E-state index contributed by atoms with van der Waals surface area (Å²) in [5, 5.41) is 19.9. The van der Waals surface area contributed by atoms with Crippen molar-refractivity contribution in [3.63, 3.8) is 0 Å². The zero-order chi connectivity index (χ0) is 28.3. The number of benzene rings is 2. The summed E-state index contributed by atoms with van der Waals surface area (Å²) in [6.07, 6.45) is 4.87. The van der Waals surface area contributed by atoms with Crippen LogP contribution < -0.4 is 10.5 Å². The second kappa shape index (κ2) is 11.8. The summed E-state index contributed by atoms with van der Waals surface area (Å²) in [4.78, 5) is 30.6. The summed E-state index contributed by atoms with van der Waals surface area (Å²) in [5.41, 5.74) is 1.88. The van der Waals surface area contributed by atoms with Gasteiger partial charge in [-0.2, -0.15) is 17.4 Å². The van der Waals surface area contributed by atoms with E-state index in [0.717, 1.165) is 0 Å². The number of nitrogens with one attached hydrogen (secondary N) is 1. The first kappa shape index (κ1) is 27.9. The molecule has 0 saturated carbocycles. The van der Waals surface area contributed by atoms with Gasteiger partial charge < -0.3 is 10.2 Å². The Morgan fingerprint density at radius 1 is 1.07 bits per heavy atom. The van der Waals surface area contributed by atoms with Crippen LogP contribution in [0.3, 0.4) is 0 Å². The quantitative estimate of drug-likeness (QED) is 0.384. The lowest BCUT2D eigenvalue weighted by molar-refractivity contribution is -0.132. The predicted molar refractivity (Wildman–Crippen MR) is 148 cm³/mol. The number of amides is 2. The Kier molecular flexibility index (Phi) is 8.23. The molecule has 2 aliphatic heterocycles. The number of carbonyl (C=O) groups is 2. The number of hydrogen-bond acceptors (Lipinski definition) is 8. The number of anilines is 1. The van der Waals surface area contributed by atoms with Crippen LogP contribution in [0.2, 0.25) is 5.02 Å². The number of hydrogen-bond donors (Lipinski definition) is 2. The van der Waals surface area contributed by atoms with Gasteiger partial charge in [-0.1, -0.05) is 29.8 Å². The van der Waals surface area contributed by atoms with Gasteiger partial charge in [-0.15, -0.1) is 5.10 Å². The molecule has 13 nitrogen and oxygen atoms in total. The van der Waals surface area contributed by atoms with Crippen LogP contribution in [0.5, 0.6) is 0 Å². The summed E-state index contributed by atoms with van der Waals surface area (Å²) in [6.45, 7) is 1.70. The first-order chi connectivity index (χ1) is 19.2. The van der Waals surface area contributed by atoms with E-state index in [1.807, 2.05) is 18.2 Å². The lowest BCUT2D eigenvalue weighted by Crippen LogP contribution is -2.53. The molecule has 2 saturated heterocycles. The average molecular weight is 586 g/mol. The molecule has 5 rings (SSSR count). The van der Waals surface area contributed by atoms with E-state index in [0.29, 0.717) is 48.0 Å². The lowest BCUT2D eigenvalue weighted by atomic mass is 10.1. The van der Waals surface area contributed by atoms with Crippen molar-refractivity contribution in [1.29, 1.82) is 0 Å². The lowest BCUT2D eigenvalue weighted by Gasteiger charge is -2.36. The Morgan fingerprint density at radius 3 is 2.50 bits per heavy atom. The van der Waals surface area contributed by atoms with Crippen molar-refractivity contribution >= 4 is 45.4 Å². The van der Waals surface area contributed by atoms with Crippen LogP contribution in [0.25, 0.3) is 11.8 Å². The molecule has 2 aromatic carbocycles. The highest BCUT2D eigenvalue weighted by Crippen LogP contribution is 2.26. The normalized spacial score (nSPS) is 20.7. The fourth-order valence-corrected chi connectivity index (χ4v) is 5.89. The topological polar surface area (TPSA) is 160 Å². The molecule has 40 heavy (non-hydrogen) atoms. The van der Waals surface area contributed by atoms with Crippen LogP contribution in [0.1, 0.15) is 12.0 Å². The van der Waals surface area contributed by atoms with E-state index in [-0.39, 0.29) is 30.9 Å². The minimum Gasteiger partial charge on any atom is -0.325 e. The first-order valence-corrected chi connectivity index (χ1v) is 14.5. The van der Waals surface area contributed by atoms with Gasteiger partial charge in [-0.05, 0) is 53.3 Å². The minimum absolute atomic E-state index is 0.130. The van der Waals surface area contributed by atoms with Gasteiger partial charge in [0, 0.05) is 61.1 Å². The number of piperazine rings is 1. The standard InChI is InChI=1S/C25H28ClN9O4S/c26-19-7-8-22(35-17-28-30-31-35)18(14-19)6-9-24(36)34-16-21(32-10-12-33(13-11-32)40(27,38)39)15-23(34)25(37)29-20-4-2-1-3-5-20/h1-9,14,17,21,23H,10-13,15-16H2,(H,29,37)(H2,27,38,39)/b9-6+/t21-,23-/m0/s1. The molecule has 3 aromatic rings. The van der Waals surface area contributed by atoms with Crippen LogP contribution in [0.4, 0.5) is 5.69 Å². The molecule has 210 valence electrons. The molecule has 2 fully saturated rings. The predicted octanol–water partition coefficient (Wildman–Crippen LogP) is 0.758. The number of rotatable bonds is 7. The third kappa shape index (κ3) is 6.37. The summed E-state index contributed by atoms with van der Waals surface area (Å²) >= 11 is 6.21. The minimum atomic E-state index is -3.77. The van der Waals surface area contributed by atoms with Gasteiger partial charge in [-0.3, -0.25) is 14.5 Å². The highest BCUT2D eigenvalue weighted by atomic mass is 35.5. The van der Waals surface area contributed by atoms with Crippen molar-refractivity contribution in [3.8, 4) is 5.69 Å². The van der Waals surface area contributed by atoms with E-state index in [9.17, 15) is 18.0 Å². The zero-order valence-corrected chi connectivity index (χ0v) is 22.9. The molecule has 2 atom stereocenters. The molecule has 2 amide bonds. The van der Waals surface area contributed by atoms with Gasteiger partial charge in [0.05, 0.1) is 5.69 Å². The number of nitrogens with two attached hydrogens (primary N) is 1. The van der Waals surface area contributed by atoms with Crippen molar-refractivity contribution in [3.05, 3.63) is 71.5 Å². The maximum atomic E-state index is 13.5. The molecular formula is C25H28ClN9O4S. The third-order valence-electron chi connectivity index (χ3n) is 7.05. The highest BCUT2D eigenvalue weighted by molar-refractivity contribution is 7.86. The number of carbonyl (C=O) groups excluding carboxylic acids is 2. The largest absolute Gasteiger partial charge is 0.325 e. The van der Waals surface area contributed by atoms with Crippen molar-refractivity contribution in [2.75, 3.05) is 38.0 Å². The van der Waals surface area contributed by atoms with Gasteiger partial charge >= 0.3 is 0 Å². The Hall–Kier alpha value is -3.69. The Morgan fingerprint density at radius 2 is 1.82 bits per heavy atom. The molecule has 1 aromatic heterocycles. The van der Waals surface area contributed by atoms with Crippen LogP contribution >= 0.6 is 11.6 Å². The second-order valence-corrected chi connectivity index (χ2v) is 11.5. The number of nitrogens with zero attached hydrogens (tertiary/aromatic N) is 7. The number of tetrazole rings is 1. The molecule has 0 aliphatic carbocycles. The van der Waals surface area contributed by atoms with Crippen LogP contribution in [-0.4, -0.2) is 99.4 Å². The zero-order valence-electron chi connectivity index (χ0n) is 21.4. The monoisotopic (exact) mass is 585 g/mol. The maximum Gasteiger partial charge on any atom is 0.276 e. The van der Waals surface area contributed by atoms with Gasteiger partial charge in [0.25, 0.3) is 10.2 Å². The Bertz CT molecular complexity index is 1490. The summed E-state index contributed by atoms with van der Waals surface area (Å²) in [6, 6.07) is 13.3. The van der Waals surface area contributed by atoms with E-state index in [1.54, 1.807) is 41.3 Å². The molecule has 0 bridgehead atoms. The summed E-state index contributed by atoms with van der Waals surface area (Å²) < 4.78 is 26.2. The smallest absolute Gasteiger partial charge is 0.276 e. The SMILES string of the molecule is NS(=O)(=O)N1CCN([C@H]2C[C@@H](C(=O)Nc3ccccc3)N(C(=O)/C=C/c3cc(Cl)ccc3-n3cnnn3)C2)CC1. The second-order valence-electron chi connectivity index (χ2n) is 9.52. The van der Waals surface area contributed by atoms with Crippen LogP contribution in [-0.2, 0) is 19.8 Å². The Labute approximate surface area is 236 Å². The van der Waals surface area contributed by atoms with Gasteiger partial charge in [0.2, 0.25) is 11.8 Å². The van der Waals surface area contributed by atoms with Crippen molar-refractivity contribution in [2.45, 2.75) is 18.5 Å². The fraction of sp³-hybridized carbons (Fsp3) is 0.320. The molecule has 15 heteroatoms. The molecule has 0 radical (unpaired) electrons. The summed E-state index contributed by atoms with van der Waals surface area (Å²) in [7, 11) is -3.77.